The number of amides is 1. The van der Waals surface area contributed by atoms with Gasteiger partial charge in [0, 0.05) is 18.7 Å². The summed E-state index contributed by atoms with van der Waals surface area (Å²) in [5.74, 6) is 1.45. The Morgan fingerprint density at radius 1 is 1.10 bits per heavy atom. The Labute approximate surface area is 181 Å². The smallest absolute Gasteiger partial charge is 0.235 e. The highest BCUT2D eigenvalue weighted by Gasteiger charge is 2.40. The van der Waals surface area contributed by atoms with E-state index < -0.39 is 11.7 Å². The number of aromatic nitrogens is 1. The predicted molar refractivity (Wildman–Crippen MR) is 113 cm³/mol. The molecule has 1 aliphatic heterocycles. The number of rotatable bonds is 9. The largest absolute Gasteiger partial charge is 0.493 e. The number of nitrogens with zero attached hydrogens (tertiary/aromatic N) is 1. The van der Waals surface area contributed by atoms with Gasteiger partial charge in [0.2, 0.25) is 11.8 Å². The molecule has 1 N–H and O–H groups in total. The van der Waals surface area contributed by atoms with Crippen LogP contribution in [-0.2, 0) is 19.0 Å². The van der Waals surface area contributed by atoms with Crippen molar-refractivity contribution in [1.82, 2.24) is 4.98 Å². The summed E-state index contributed by atoms with van der Waals surface area (Å²) in [5.41, 5.74) is 0.501. The number of carbonyl (C=O) groups excluding carboxylic acids is 1. The maximum absolute atomic E-state index is 12.8. The van der Waals surface area contributed by atoms with Gasteiger partial charge in [-0.05, 0) is 25.1 Å². The van der Waals surface area contributed by atoms with Crippen LogP contribution in [-0.4, -0.2) is 58.6 Å². The van der Waals surface area contributed by atoms with Gasteiger partial charge in [-0.3, -0.25) is 4.79 Å². The summed E-state index contributed by atoms with van der Waals surface area (Å²) >= 11 is 0. The third-order valence-corrected chi connectivity index (χ3v) is 4.87. The number of methoxy groups -OCH3 is 3. The van der Waals surface area contributed by atoms with Crippen molar-refractivity contribution in [2.75, 3.05) is 53.1 Å². The molecule has 0 saturated carbocycles. The number of benzene rings is 1. The molecule has 1 aliphatic rings. The van der Waals surface area contributed by atoms with Gasteiger partial charge >= 0.3 is 0 Å². The van der Waals surface area contributed by atoms with Crippen molar-refractivity contribution in [3.63, 3.8) is 0 Å². The zero-order valence-electron chi connectivity index (χ0n) is 18.2. The Balaban J connectivity index is 1.56. The van der Waals surface area contributed by atoms with E-state index in [1.165, 1.54) is 0 Å². The van der Waals surface area contributed by atoms with Crippen molar-refractivity contribution < 1.29 is 33.2 Å². The standard InChI is InChI=1S/C22H28N2O7/c1-22(21(25)24-16-6-8-19(23-12-16)29-10-9-26-2)13-30-20(31-14-22)15-5-7-17(27-3)18(11-15)28-4/h5-8,11-12,20H,9-10,13-14H2,1-4H3,(H,24,25). The Hall–Kier alpha value is -2.88. The fraction of sp³-hybridized carbons (Fsp3) is 0.455. The molecule has 1 saturated heterocycles. The zero-order chi connectivity index (χ0) is 22.3. The number of ether oxygens (including phenoxy) is 6. The minimum absolute atomic E-state index is 0.198. The molecule has 1 amide bonds. The zero-order valence-corrected chi connectivity index (χ0v) is 18.2. The van der Waals surface area contributed by atoms with Crippen LogP contribution in [0.4, 0.5) is 5.69 Å². The van der Waals surface area contributed by atoms with Gasteiger partial charge in [-0.25, -0.2) is 4.98 Å². The molecule has 9 nitrogen and oxygen atoms in total. The van der Waals surface area contributed by atoms with E-state index in [1.807, 2.05) is 6.07 Å². The summed E-state index contributed by atoms with van der Waals surface area (Å²) in [6.45, 7) is 3.07. The summed E-state index contributed by atoms with van der Waals surface area (Å²) in [4.78, 5) is 17.0. The molecular weight excluding hydrogens is 404 g/mol. The number of anilines is 1. The molecule has 3 rings (SSSR count). The Morgan fingerprint density at radius 3 is 2.45 bits per heavy atom. The van der Waals surface area contributed by atoms with E-state index in [-0.39, 0.29) is 19.1 Å². The number of carbonyl (C=O) groups is 1. The van der Waals surface area contributed by atoms with Crippen LogP contribution >= 0.6 is 0 Å². The highest BCUT2D eigenvalue weighted by Crippen LogP contribution is 2.36. The molecule has 0 spiro atoms. The molecule has 2 aromatic rings. The fourth-order valence-corrected chi connectivity index (χ4v) is 2.98. The molecule has 0 unspecified atom stereocenters. The van der Waals surface area contributed by atoms with Gasteiger partial charge in [0.15, 0.2) is 17.8 Å². The molecule has 0 atom stereocenters. The van der Waals surface area contributed by atoms with Gasteiger partial charge < -0.3 is 33.7 Å². The molecule has 0 radical (unpaired) electrons. The highest BCUT2D eigenvalue weighted by atomic mass is 16.7. The topological polar surface area (TPSA) is 97.4 Å². The number of hydrogen-bond donors (Lipinski definition) is 1. The van der Waals surface area contributed by atoms with Gasteiger partial charge in [0.1, 0.15) is 6.61 Å². The summed E-state index contributed by atoms with van der Waals surface area (Å²) in [6, 6.07) is 8.85. The molecule has 2 heterocycles. The van der Waals surface area contributed by atoms with Gasteiger partial charge in [-0.1, -0.05) is 6.07 Å². The van der Waals surface area contributed by atoms with Crippen molar-refractivity contribution in [3.05, 3.63) is 42.1 Å². The number of pyridine rings is 1. The predicted octanol–water partition coefficient (Wildman–Crippen LogP) is 2.81. The van der Waals surface area contributed by atoms with E-state index >= 15 is 0 Å². The first kappa shape index (κ1) is 22.8. The lowest BCUT2D eigenvalue weighted by molar-refractivity contribution is -0.226. The molecule has 0 bridgehead atoms. The summed E-state index contributed by atoms with van der Waals surface area (Å²) in [6.07, 6.45) is 0.950. The SMILES string of the molecule is COCCOc1ccc(NC(=O)C2(C)COC(c3ccc(OC)c(OC)c3)OC2)cn1. The van der Waals surface area contributed by atoms with Crippen molar-refractivity contribution in [3.8, 4) is 17.4 Å². The third-order valence-electron chi connectivity index (χ3n) is 4.87. The average molecular weight is 432 g/mol. The highest BCUT2D eigenvalue weighted by molar-refractivity contribution is 5.95. The molecule has 1 aromatic carbocycles. The average Bonchev–Trinajstić information content (AvgIpc) is 2.80. The second kappa shape index (κ2) is 10.4. The van der Waals surface area contributed by atoms with Crippen LogP contribution in [0.2, 0.25) is 0 Å². The molecule has 1 fully saturated rings. The lowest BCUT2D eigenvalue weighted by Crippen LogP contribution is -2.45. The van der Waals surface area contributed by atoms with Gasteiger partial charge in [-0.2, -0.15) is 0 Å². The molecule has 9 heteroatoms. The van der Waals surface area contributed by atoms with Crippen molar-refractivity contribution >= 4 is 11.6 Å². The first-order valence-corrected chi connectivity index (χ1v) is 9.83. The molecule has 31 heavy (non-hydrogen) atoms. The monoisotopic (exact) mass is 432 g/mol. The molecule has 0 aliphatic carbocycles. The number of hydrogen-bond acceptors (Lipinski definition) is 8. The normalized spacial score (nSPS) is 20.7. The lowest BCUT2D eigenvalue weighted by atomic mass is 9.90. The third kappa shape index (κ3) is 5.63. The summed E-state index contributed by atoms with van der Waals surface area (Å²) in [7, 11) is 4.75. The second-order valence-corrected chi connectivity index (χ2v) is 7.31. The minimum Gasteiger partial charge on any atom is -0.493 e. The van der Waals surface area contributed by atoms with Gasteiger partial charge in [0.25, 0.3) is 0 Å². The van der Waals surface area contributed by atoms with Crippen molar-refractivity contribution in [2.45, 2.75) is 13.2 Å². The van der Waals surface area contributed by atoms with Crippen LogP contribution in [0.1, 0.15) is 18.8 Å². The van der Waals surface area contributed by atoms with Crippen LogP contribution < -0.4 is 19.5 Å². The summed E-state index contributed by atoms with van der Waals surface area (Å²) < 4.78 is 32.7. The van der Waals surface area contributed by atoms with Crippen LogP contribution in [0, 0.1) is 5.41 Å². The van der Waals surface area contributed by atoms with E-state index in [2.05, 4.69) is 10.3 Å². The molecule has 168 valence electrons. The second-order valence-electron chi connectivity index (χ2n) is 7.31. The molecular formula is C22H28N2O7. The lowest BCUT2D eigenvalue weighted by Gasteiger charge is -2.36. The van der Waals surface area contributed by atoms with Crippen molar-refractivity contribution in [2.24, 2.45) is 5.41 Å². The Bertz CT molecular complexity index is 865. The van der Waals surface area contributed by atoms with Crippen LogP contribution in [0.5, 0.6) is 17.4 Å². The maximum atomic E-state index is 12.8. The van der Waals surface area contributed by atoms with E-state index in [0.29, 0.717) is 36.3 Å². The van der Waals surface area contributed by atoms with Crippen molar-refractivity contribution in [1.29, 1.82) is 0 Å². The van der Waals surface area contributed by atoms with E-state index in [9.17, 15) is 4.79 Å². The van der Waals surface area contributed by atoms with Gasteiger partial charge in [0.05, 0.1) is 51.3 Å². The van der Waals surface area contributed by atoms with E-state index in [4.69, 9.17) is 28.4 Å². The van der Waals surface area contributed by atoms with E-state index in [0.717, 1.165) is 5.56 Å². The first-order valence-electron chi connectivity index (χ1n) is 9.83. The molecule has 1 aromatic heterocycles. The Kier molecular flexibility index (Phi) is 7.67. The minimum atomic E-state index is -0.847. The van der Waals surface area contributed by atoms with Crippen LogP contribution in [0.25, 0.3) is 0 Å². The van der Waals surface area contributed by atoms with Crippen LogP contribution in [0.15, 0.2) is 36.5 Å². The first-order chi connectivity index (χ1) is 15.0. The summed E-state index contributed by atoms with van der Waals surface area (Å²) in [5, 5.41) is 2.86. The fourth-order valence-electron chi connectivity index (χ4n) is 2.98. The quantitative estimate of drug-likeness (QED) is 0.604. The maximum Gasteiger partial charge on any atom is 0.235 e. The Morgan fingerprint density at radius 2 is 1.84 bits per heavy atom. The van der Waals surface area contributed by atoms with Gasteiger partial charge in [-0.15, -0.1) is 0 Å². The van der Waals surface area contributed by atoms with E-state index in [1.54, 1.807) is 58.7 Å². The number of nitrogens with one attached hydrogen (secondary N) is 1. The van der Waals surface area contributed by atoms with Crippen LogP contribution in [0.3, 0.4) is 0 Å².